The van der Waals surface area contributed by atoms with Gasteiger partial charge in [-0.2, -0.15) is 0 Å². The number of hydrogen-bond acceptors (Lipinski definition) is 2. The van der Waals surface area contributed by atoms with Crippen LogP contribution in [0.25, 0.3) is 0 Å². The van der Waals surface area contributed by atoms with Gasteiger partial charge in [0.1, 0.15) is 11.6 Å². The monoisotopic (exact) mass is 252 g/mol. The number of ketones is 1. The van der Waals surface area contributed by atoms with Gasteiger partial charge in [0.25, 0.3) is 0 Å². The maximum atomic E-state index is 13.0. The van der Waals surface area contributed by atoms with E-state index in [1.807, 2.05) is 0 Å². The Morgan fingerprint density at radius 3 is 2.61 bits per heavy atom. The van der Waals surface area contributed by atoms with Crippen molar-refractivity contribution in [3.63, 3.8) is 0 Å². The van der Waals surface area contributed by atoms with Crippen molar-refractivity contribution in [3.8, 4) is 5.75 Å². The Morgan fingerprint density at radius 2 is 1.94 bits per heavy atom. The first-order chi connectivity index (χ1) is 8.65. The molecule has 3 heteroatoms. The van der Waals surface area contributed by atoms with Gasteiger partial charge in [-0.25, -0.2) is 4.39 Å². The second-order valence-electron chi connectivity index (χ2n) is 4.46. The molecule has 0 heterocycles. The topological polar surface area (TPSA) is 26.3 Å². The second-order valence-corrected chi connectivity index (χ2v) is 4.46. The van der Waals surface area contributed by atoms with Crippen LogP contribution in [0.2, 0.25) is 0 Å². The van der Waals surface area contributed by atoms with Crippen LogP contribution in [0.4, 0.5) is 4.39 Å². The summed E-state index contributed by atoms with van der Waals surface area (Å²) in [6.45, 7) is 4.17. The molecule has 0 bridgehead atoms. The smallest absolute Gasteiger partial charge is 0.163 e. The van der Waals surface area contributed by atoms with E-state index in [-0.39, 0.29) is 5.78 Å². The summed E-state index contributed by atoms with van der Waals surface area (Å²) in [4.78, 5) is 11.3. The molecule has 18 heavy (non-hydrogen) atoms. The zero-order chi connectivity index (χ0) is 13.4. The third-order valence-electron chi connectivity index (χ3n) is 2.83. The van der Waals surface area contributed by atoms with Gasteiger partial charge in [-0.15, -0.1) is 0 Å². The lowest BCUT2D eigenvalue weighted by Crippen LogP contribution is -2.03. The highest BCUT2D eigenvalue weighted by Gasteiger charge is 2.09. The molecule has 1 aromatic carbocycles. The molecule has 0 aliphatic rings. The molecule has 100 valence electrons. The lowest BCUT2D eigenvalue weighted by Gasteiger charge is -2.09. The highest BCUT2D eigenvalue weighted by atomic mass is 19.1. The Labute approximate surface area is 108 Å². The minimum Gasteiger partial charge on any atom is -0.493 e. The molecule has 0 radical (unpaired) electrons. The lowest BCUT2D eigenvalue weighted by molar-refractivity contribution is 0.101. The fraction of sp³-hybridized carbons (Fsp3) is 0.533. The van der Waals surface area contributed by atoms with Crippen LogP contribution in [0.5, 0.6) is 5.75 Å². The van der Waals surface area contributed by atoms with E-state index >= 15 is 0 Å². The van der Waals surface area contributed by atoms with Crippen LogP contribution in [0.1, 0.15) is 56.3 Å². The van der Waals surface area contributed by atoms with E-state index in [9.17, 15) is 9.18 Å². The van der Waals surface area contributed by atoms with E-state index in [1.165, 1.54) is 44.4 Å². The summed E-state index contributed by atoms with van der Waals surface area (Å²) in [6.07, 6.45) is 5.77. The van der Waals surface area contributed by atoms with Crippen LogP contribution in [0, 0.1) is 5.82 Å². The van der Waals surface area contributed by atoms with Crippen molar-refractivity contribution >= 4 is 5.78 Å². The average molecular weight is 252 g/mol. The largest absolute Gasteiger partial charge is 0.493 e. The molecule has 0 fully saturated rings. The van der Waals surface area contributed by atoms with Crippen molar-refractivity contribution in [1.29, 1.82) is 0 Å². The normalized spacial score (nSPS) is 10.4. The van der Waals surface area contributed by atoms with Gasteiger partial charge in [0.15, 0.2) is 5.78 Å². The maximum Gasteiger partial charge on any atom is 0.163 e. The lowest BCUT2D eigenvalue weighted by atomic mass is 10.1. The molecule has 0 aliphatic carbocycles. The molecule has 0 amide bonds. The van der Waals surface area contributed by atoms with Crippen molar-refractivity contribution in [2.24, 2.45) is 0 Å². The molecule has 0 aromatic heterocycles. The Bertz CT molecular complexity index is 388. The van der Waals surface area contributed by atoms with Crippen molar-refractivity contribution in [2.45, 2.75) is 46.0 Å². The number of carbonyl (C=O) groups is 1. The first-order valence-electron chi connectivity index (χ1n) is 6.58. The minimum absolute atomic E-state index is 0.171. The van der Waals surface area contributed by atoms with E-state index in [0.717, 1.165) is 12.8 Å². The summed E-state index contributed by atoms with van der Waals surface area (Å²) < 4.78 is 18.6. The van der Waals surface area contributed by atoms with Crippen molar-refractivity contribution in [3.05, 3.63) is 29.6 Å². The van der Waals surface area contributed by atoms with E-state index in [2.05, 4.69) is 6.92 Å². The average Bonchev–Trinajstić information content (AvgIpc) is 2.35. The van der Waals surface area contributed by atoms with Gasteiger partial charge in [-0.1, -0.05) is 32.6 Å². The zero-order valence-corrected chi connectivity index (χ0v) is 11.2. The number of benzene rings is 1. The van der Waals surface area contributed by atoms with Crippen LogP contribution in [-0.2, 0) is 0 Å². The van der Waals surface area contributed by atoms with E-state index in [4.69, 9.17) is 4.74 Å². The standard InChI is InChI=1S/C15H21FO2/c1-3-4-5-6-7-10-18-15-9-8-13(16)11-14(15)12(2)17/h8-9,11H,3-7,10H2,1-2H3. The Balaban J connectivity index is 2.44. The minimum atomic E-state index is -0.407. The van der Waals surface area contributed by atoms with E-state index < -0.39 is 5.82 Å². The van der Waals surface area contributed by atoms with Gasteiger partial charge in [0.2, 0.25) is 0 Å². The summed E-state index contributed by atoms with van der Waals surface area (Å²) in [5, 5.41) is 0. The number of carbonyl (C=O) groups excluding carboxylic acids is 1. The Morgan fingerprint density at radius 1 is 1.22 bits per heavy atom. The molecule has 0 atom stereocenters. The molecule has 1 aromatic rings. The second kappa shape index (κ2) is 7.85. The van der Waals surface area contributed by atoms with Gasteiger partial charge in [0.05, 0.1) is 12.2 Å². The first kappa shape index (κ1) is 14.7. The van der Waals surface area contributed by atoms with Crippen molar-refractivity contribution in [1.82, 2.24) is 0 Å². The summed E-state index contributed by atoms with van der Waals surface area (Å²) in [5.74, 6) is -0.0922. The van der Waals surface area contributed by atoms with Crippen LogP contribution in [0.15, 0.2) is 18.2 Å². The SMILES string of the molecule is CCCCCCCOc1ccc(F)cc1C(C)=O. The summed E-state index contributed by atoms with van der Waals surface area (Å²) in [6, 6.07) is 4.08. The number of rotatable bonds is 8. The molecule has 0 aliphatic heterocycles. The highest BCUT2D eigenvalue weighted by molar-refractivity contribution is 5.96. The van der Waals surface area contributed by atoms with Crippen LogP contribution >= 0.6 is 0 Å². The Kier molecular flexibility index (Phi) is 6.40. The van der Waals surface area contributed by atoms with Crippen molar-refractivity contribution in [2.75, 3.05) is 6.61 Å². The van der Waals surface area contributed by atoms with Gasteiger partial charge in [-0.05, 0) is 31.5 Å². The van der Waals surface area contributed by atoms with Gasteiger partial charge < -0.3 is 4.74 Å². The first-order valence-corrected chi connectivity index (χ1v) is 6.58. The number of Topliss-reactive ketones (excluding diaryl/α,β-unsaturated/α-hetero) is 1. The fourth-order valence-corrected chi connectivity index (χ4v) is 1.79. The number of ether oxygens (including phenoxy) is 1. The maximum absolute atomic E-state index is 13.0. The van der Waals surface area contributed by atoms with Crippen LogP contribution in [0.3, 0.4) is 0 Å². The zero-order valence-electron chi connectivity index (χ0n) is 11.2. The van der Waals surface area contributed by atoms with E-state index in [1.54, 1.807) is 0 Å². The van der Waals surface area contributed by atoms with E-state index in [0.29, 0.717) is 17.9 Å². The number of unbranched alkanes of at least 4 members (excludes halogenated alkanes) is 4. The van der Waals surface area contributed by atoms with Gasteiger partial charge in [-0.3, -0.25) is 4.79 Å². The molecule has 1 rings (SSSR count). The predicted octanol–water partition coefficient (Wildman–Crippen LogP) is 4.38. The molecule has 0 spiro atoms. The molecule has 0 unspecified atom stereocenters. The van der Waals surface area contributed by atoms with Crippen LogP contribution in [-0.4, -0.2) is 12.4 Å². The Hall–Kier alpha value is -1.38. The van der Waals surface area contributed by atoms with Gasteiger partial charge in [0, 0.05) is 0 Å². The molecule has 0 saturated heterocycles. The molecular weight excluding hydrogens is 231 g/mol. The molecule has 0 saturated carbocycles. The van der Waals surface area contributed by atoms with Gasteiger partial charge >= 0.3 is 0 Å². The van der Waals surface area contributed by atoms with Crippen molar-refractivity contribution < 1.29 is 13.9 Å². The van der Waals surface area contributed by atoms with Crippen LogP contribution < -0.4 is 4.74 Å². The third kappa shape index (κ3) is 4.86. The highest BCUT2D eigenvalue weighted by Crippen LogP contribution is 2.20. The summed E-state index contributed by atoms with van der Waals surface area (Å²) in [7, 11) is 0. The summed E-state index contributed by atoms with van der Waals surface area (Å²) >= 11 is 0. The molecule has 2 nitrogen and oxygen atoms in total. The predicted molar refractivity (Wildman–Crippen MR) is 70.7 cm³/mol. The third-order valence-corrected chi connectivity index (χ3v) is 2.83. The fourth-order valence-electron chi connectivity index (χ4n) is 1.79. The number of halogens is 1. The molecular formula is C15H21FO2. The quantitative estimate of drug-likeness (QED) is 0.507. The number of hydrogen-bond donors (Lipinski definition) is 0. The summed E-state index contributed by atoms with van der Waals surface area (Å²) in [5.41, 5.74) is 0.323. The molecule has 0 N–H and O–H groups in total.